The Balaban J connectivity index is 2.18. The maximum atomic E-state index is 9.47. The molecule has 0 bridgehead atoms. The molecule has 0 heterocycles. The van der Waals surface area contributed by atoms with Gasteiger partial charge in [0.15, 0.2) is 0 Å². The molecule has 148 valence electrons. The van der Waals surface area contributed by atoms with Crippen molar-refractivity contribution in [3.8, 4) is 23.6 Å². The van der Waals surface area contributed by atoms with E-state index >= 15 is 0 Å². The highest BCUT2D eigenvalue weighted by atomic mass is 16.5. The van der Waals surface area contributed by atoms with Gasteiger partial charge in [-0.2, -0.15) is 10.5 Å². The summed E-state index contributed by atoms with van der Waals surface area (Å²) in [4.78, 5) is 0. The molecule has 2 rings (SSSR count). The van der Waals surface area contributed by atoms with Gasteiger partial charge in [-0.15, -0.1) is 0 Å². The van der Waals surface area contributed by atoms with Crippen molar-refractivity contribution in [3.63, 3.8) is 0 Å². The van der Waals surface area contributed by atoms with Gasteiger partial charge in [-0.05, 0) is 47.9 Å². The highest BCUT2D eigenvalue weighted by Gasteiger charge is 2.11. The second-order valence-corrected chi connectivity index (χ2v) is 7.09. The summed E-state index contributed by atoms with van der Waals surface area (Å²) in [5.41, 5.74) is 1.00. The third-order valence-corrected chi connectivity index (χ3v) is 4.79. The number of hydrogen-bond acceptors (Lipinski definition) is 4. The minimum Gasteiger partial charge on any atom is -0.492 e. The highest BCUT2D eigenvalue weighted by Crippen LogP contribution is 2.31. The van der Waals surface area contributed by atoms with Crippen LogP contribution in [0.1, 0.15) is 76.3 Å². The Morgan fingerprint density at radius 3 is 1.46 bits per heavy atom. The fraction of sp³-hybridized carbons (Fsp3) is 0.500. The molecule has 0 amide bonds. The zero-order valence-electron chi connectivity index (χ0n) is 17.1. The molecule has 0 aliphatic rings. The number of nitrogens with zero attached hydrogens (tertiary/aromatic N) is 2. The molecular formula is C24H30N2O2. The Bertz CT molecular complexity index is 780. The number of ether oxygens (including phenoxy) is 2. The van der Waals surface area contributed by atoms with Gasteiger partial charge in [-0.1, -0.05) is 52.4 Å². The average molecular weight is 379 g/mol. The minimum absolute atomic E-state index is 0.500. The van der Waals surface area contributed by atoms with Crippen molar-refractivity contribution in [2.24, 2.45) is 0 Å². The predicted octanol–water partition coefficient (Wildman–Crippen LogP) is 6.50. The minimum atomic E-state index is 0.500. The van der Waals surface area contributed by atoms with E-state index in [1.807, 2.05) is 12.1 Å². The molecule has 0 spiro atoms. The van der Waals surface area contributed by atoms with Crippen molar-refractivity contribution in [2.45, 2.75) is 65.2 Å². The van der Waals surface area contributed by atoms with Crippen LogP contribution in [0, 0.1) is 22.7 Å². The summed E-state index contributed by atoms with van der Waals surface area (Å²) in [7, 11) is 0. The van der Waals surface area contributed by atoms with Gasteiger partial charge >= 0.3 is 0 Å². The van der Waals surface area contributed by atoms with Gasteiger partial charge in [0.25, 0.3) is 0 Å². The Labute approximate surface area is 168 Å². The third kappa shape index (κ3) is 6.17. The first-order valence-electron chi connectivity index (χ1n) is 10.4. The fourth-order valence-corrected chi connectivity index (χ4v) is 3.14. The molecule has 0 aliphatic carbocycles. The number of unbranched alkanes of at least 4 members (excludes halogenated alkanes) is 6. The van der Waals surface area contributed by atoms with Crippen molar-refractivity contribution in [3.05, 3.63) is 35.4 Å². The SMILES string of the molecule is CCCCCCOc1cc2cc(OCCCCCC)c(C#N)cc2cc1C#N. The second-order valence-electron chi connectivity index (χ2n) is 7.09. The Morgan fingerprint density at radius 1 is 0.643 bits per heavy atom. The van der Waals surface area contributed by atoms with E-state index in [0.29, 0.717) is 35.8 Å². The lowest BCUT2D eigenvalue weighted by Gasteiger charge is -2.12. The smallest absolute Gasteiger partial charge is 0.137 e. The van der Waals surface area contributed by atoms with Gasteiger partial charge < -0.3 is 9.47 Å². The summed E-state index contributed by atoms with van der Waals surface area (Å²) in [5, 5.41) is 20.7. The van der Waals surface area contributed by atoms with Gasteiger partial charge in [-0.3, -0.25) is 0 Å². The maximum Gasteiger partial charge on any atom is 0.137 e. The van der Waals surface area contributed by atoms with Crippen LogP contribution in [-0.2, 0) is 0 Å². The summed E-state index contributed by atoms with van der Waals surface area (Å²) in [6, 6.07) is 11.8. The lowest BCUT2D eigenvalue weighted by molar-refractivity contribution is 0.303. The normalized spacial score (nSPS) is 10.4. The molecule has 0 aliphatic heterocycles. The number of hydrogen-bond donors (Lipinski definition) is 0. The summed E-state index contributed by atoms with van der Waals surface area (Å²) in [6.07, 6.45) is 8.99. The third-order valence-electron chi connectivity index (χ3n) is 4.79. The fourth-order valence-electron chi connectivity index (χ4n) is 3.14. The number of fused-ring (bicyclic) bond motifs is 1. The maximum absolute atomic E-state index is 9.47. The highest BCUT2D eigenvalue weighted by molar-refractivity contribution is 5.89. The molecule has 0 saturated carbocycles. The quantitative estimate of drug-likeness (QED) is 0.395. The summed E-state index contributed by atoms with van der Waals surface area (Å²) in [6.45, 7) is 5.57. The zero-order chi connectivity index (χ0) is 20.2. The molecule has 4 heteroatoms. The number of nitriles is 2. The molecule has 4 nitrogen and oxygen atoms in total. The van der Waals surface area contributed by atoms with E-state index in [-0.39, 0.29) is 0 Å². The van der Waals surface area contributed by atoms with Gasteiger partial charge in [0.1, 0.15) is 23.6 Å². The first kappa shape index (κ1) is 21.6. The van der Waals surface area contributed by atoms with Crippen molar-refractivity contribution in [1.29, 1.82) is 10.5 Å². The molecular weight excluding hydrogens is 348 g/mol. The van der Waals surface area contributed by atoms with Crippen LogP contribution in [0.15, 0.2) is 24.3 Å². The van der Waals surface area contributed by atoms with E-state index in [1.165, 1.54) is 25.7 Å². The van der Waals surface area contributed by atoms with Crippen LogP contribution in [-0.4, -0.2) is 13.2 Å². The topological polar surface area (TPSA) is 66.0 Å². The predicted molar refractivity (Wildman–Crippen MR) is 113 cm³/mol. The first-order chi connectivity index (χ1) is 13.7. The monoisotopic (exact) mass is 378 g/mol. The molecule has 2 aromatic rings. The van der Waals surface area contributed by atoms with Gasteiger partial charge in [0, 0.05) is 0 Å². The summed E-state index contributed by atoms with van der Waals surface area (Å²) >= 11 is 0. The second kappa shape index (κ2) is 11.9. The number of rotatable bonds is 12. The molecule has 0 unspecified atom stereocenters. The molecule has 0 atom stereocenters. The van der Waals surface area contributed by atoms with E-state index < -0.39 is 0 Å². The molecule has 28 heavy (non-hydrogen) atoms. The van der Waals surface area contributed by atoms with Gasteiger partial charge in [0.2, 0.25) is 0 Å². The molecule has 0 aromatic heterocycles. The van der Waals surface area contributed by atoms with Crippen molar-refractivity contribution >= 4 is 10.8 Å². The van der Waals surface area contributed by atoms with Crippen LogP contribution in [0.3, 0.4) is 0 Å². The van der Waals surface area contributed by atoms with Crippen LogP contribution in [0.4, 0.5) is 0 Å². The van der Waals surface area contributed by atoms with E-state index in [0.717, 1.165) is 36.5 Å². The molecule has 0 saturated heterocycles. The largest absolute Gasteiger partial charge is 0.492 e. The van der Waals surface area contributed by atoms with Crippen LogP contribution in [0.2, 0.25) is 0 Å². The van der Waals surface area contributed by atoms with Crippen molar-refractivity contribution < 1.29 is 9.47 Å². The van der Waals surface area contributed by atoms with E-state index in [4.69, 9.17) is 9.47 Å². The Hall–Kier alpha value is -2.72. The lowest BCUT2D eigenvalue weighted by Crippen LogP contribution is -2.01. The first-order valence-corrected chi connectivity index (χ1v) is 10.4. The lowest BCUT2D eigenvalue weighted by atomic mass is 10.0. The standard InChI is InChI=1S/C24H30N2O2/c1-3-5-7-9-11-27-23-15-20-16-24(28-12-10-8-6-4-2)22(18-26)14-19(20)13-21(23)17-25/h13-16H,3-12H2,1-2H3. The molecule has 2 aromatic carbocycles. The average Bonchev–Trinajstić information content (AvgIpc) is 2.72. The molecule has 0 fully saturated rings. The van der Waals surface area contributed by atoms with Crippen LogP contribution in [0.5, 0.6) is 11.5 Å². The van der Waals surface area contributed by atoms with E-state index in [9.17, 15) is 10.5 Å². The van der Waals surface area contributed by atoms with E-state index in [1.54, 1.807) is 12.1 Å². The van der Waals surface area contributed by atoms with Crippen LogP contribution < -0.4 is 9.47 Å². The Kier molecular flexibility index (Phi) is 9.16. The van der Waals surface area contributed by atoms with Crippen LogP contribution in [0.25, 0.3) is 10.8 Å². The summed E-state index contributed by atoms with van der Waals surface area (Å²) < 4.78 is 11.8. The van der Waals surface area contributed by atoms with Gasteiger partial charge in [-0.25, -0.2) is 0 Å². The van der Waals surface area contributed by atoms with Gasteiger partial charge in [0.05, 0.1) is 24.3 Å². The van der Waals surface area contributed by atoms with Crippen molar-refractivity contribution in [1.82, 2.24) is 0 Å². The van der Waals surface area contributed by atoms with Crippen LogP contribution >= 0.6 is 0 Å². The molecule has 0 N–H and O–H groups in total. The Morgan fingerprint density at radius 2 is 1.07 bits per heavy atom. The molecule has 0 radical (unpaired) electrons. The zero-order valence-corrected chi connectivity index (χ0v) is 17.1. The van der Waals surface area contributed by atoms with E-state index in [2.05, 4.69) is 26.0 Å². The van der Waals surface area contributed by atoms with Crippen molar-refractivity contribution in [2.75, 3.05) is 13.2 Å². The summed E-state index contributed by atoms with van der Waals surface area (Å²) in [5.74, 6) is 1.20. The number of benzene rings is 2.